The van der Waals surface area contributed by atoms with Crippen LogP contribution in [-0.4, -0.2) is 54.4 Å². The van der Waals surface area contributed by atoms with Crippen molar-refractivity contribution in [3.05, 3.63) is 59.1 Å². The number of amides is 1. The molecule has 0 spiro atoms. The zero-order valence-corrected chi connectivity index (χ0v) is 18.8. The maximum absolute atomic E-state index is 13.8. The lowest BCUT2D eigenvalue weighted by molar-refractivity contribution is -0.138. The molecule has 8 nitrogen and oxygen atoms in total. The average Bonchev–Trinajstić information content (AvgIpc) is 3.31. The minimum absolute atomic E-state index is 0.0754. The number of nitrogens with one attached hydrogen (secondary N) is 1. The summed E-state index contributed by atoms with van der Waals surface area (Å²) in [5.74, 6) is 0.559. The lowest BCUT2D eigenvalue weighted by Crippen LogP contribution is -2.64. The van der Waals surface area contributed by atoms with E-state index in [2.05, 4.69) is 32.4 Å². The van der Waals surface area contributed by atoms with E-state index in [1.165, 1.54) is 17.2 Å². The van der Waals surface area contributed by atoms with E-state index in [9.17, 15) is 18.0 Å². The van der Waals surface area contributed by atoms with Gasteiger partial charge in [0.1, 0.15) is 0 Å². The van der Waals surface area contributed by atoms with E-state index in [-0.39, 0.29) is 29.9 Å². The SMILES string of the molecule is C[C@H]1C2CC(C2)N(C(=O)c2cc(Cl)ccc2-n2nccn2)[C@H]1CNc1ncc(C(F)(F)F)cn1. The van der Waals surface area contributed by atoms with Gasteiger partial charge in [0.2, 0.25) is 5.95 Å². The molecule has 3 aromatic rings. The Bertz CT molecular complexity index is 1180. The van der Waals surface area contributed by atoms with Gasteiger partial charge in [0.05, 0.1) is 35.2 Å². The summed E-state index contributed by atoms with van der Waals surface area (Å²) in [5.41, 5.74) is -0.00818. The van der Waals surface area contributed by atoms with Gasteiger partial charge in [-0.2, -0.15) is 28.2 Å². The maximum atomic E-state index is 13.8. The number of carbonyl (C=O) groups is 1. The number of hydrogen-bond donors (Lipinski definition) is 1. The van der Waals surface area contributed by atoms with Crippen molar-refractivity contribution in [2.75, 3.05) is 11.9 Å². The molecular weight excluding hydrogens is 471 g/mol. The summed E-state index contributed by atoms with van der Waals surface area (Å²) in [6.07, 6.45) is 1.87. The molecule has 2 bridgehead atoms. The molecule has 1 N–H and O–H groups in total. The van der Waals surface area contributed by atoms with E-state index in [1.54, 1.807) is 18.2 Å². The van der Waals surface area contributed by atoms with E-state index in [4.69, 9.17) is 11.6 Å². The van der Waals surface area contributed by atoms with Crippen molar-refractivity contribution in [2.45, 2.75) is 38.0 Å². The highest BCUT2D eigenvalue weighted by atomic mass is 35.5. The molecule has 12 heteroatoms. The molecule has 2 atom stereocenters. The van der Waals surface area contributed by atoms with E-state index >= 15 is 0 Å². The Labute approximate surface area is 198 Å². The molecular formula is C22H21ClF3N7O. The molecule has 2 aromatic heterocycles. The molecule has 0 radical (unpaired) electrons. The van der Waals surface area contributed by atoms with Gasteiger partial charge in [-0.25, -0.2) is 9.97 Å². The quantitative estimate of drug-likeness (QED) is 0.578. The Morgan fingerprint density at radius 3 is 2.50 bits per heavy atom. The number of halogens is 4. The fourth-order valence-electron chi connectivity index (χ4n) is 4.82. The van der Waals surface area contributed by atoms with Gasteiger partial charge in [-0.15, -0.1) is 0 Å². The molecule has 2 aliphatic heterocycles. The highest BCUT2D eigenvalue weighted by molar-refractivity contribution is 6.31. The smallest absolute Gasteiger partial charge is 0.352 e. The van der Waals surface area contributed by atoms with Crippen LogP contribution in [0.4, 0.5) is 19.1 Å². The third-order valence-electron chi connectivity index (χ3n) is 6.76. The van der Waals surface area contributed by atoms with Gasteiger partial charge in [-0.05, 0) is 42.9 Å². The fourth-order valence-corrected chi connectivity index (χ4v) is 4.99. The standard InChI is InChI=1S/C22H21ClF3N7O/c1-12-13-6-16(7-13)32(19(12)11-29-21-27-9-14(10-28-21)22(24,25)26)20(34)17-8-15(23)2-3-18(17)33-30-4-5-31-33/h2-5,8-10,12-13,16,19H,6-7,11H2,1H3,(H,27,28,29)/t12-,13?,16?,19-/m0/s1. The van der Waals surface area contributed by atoms with Gasteiger partial charge >= 0.3 is 6.18 Å². The summed E-state index contributed by atoms with van der Waals surface area (Å²) < 4.78 is 38.4. The van der Waals surface area contributed by atoms with E-state index in [0.717, 1.165) is 25.2 Å². The highest BCUT2D eigenvalue weighted by Gasteiger charge is 2.50. The minimum atomic E-state index is -4.50. The number of fused-ring (bicyclic) bond motifs is 2. The van der Waals surface area contributed by atoms with Gasteiger partial charge in [0.25, 0.3) is 5.91 Å². The summed E-state index contributed by atoms with van der Waals surface area (Å²) in [7, 11) is 0. The monoisotopic (exact) mass is 491 g/mol. The Kier molecular flexibility index (Phi) is 5.67. The summed E-state index contributed by atoms with van der Waals surface area (Å²) in [5, 5.41) is 11.7. The first-order valence-corrected chi connectivity index (χ1v) is 11.2. The lowest BCUT2D eigenvalue weighted by Gasteiger charge is -2.57. The van der Waals surface area contributed by atoms with Gasteiger partial charge in [0.15, 0.2) is 0 Å². The third-order valence-corrected chi connectivity index (χ3v) is 6.99. The van der Waals surface area contributed by atoms with Gasteiger partial charge in [0, 0.05) is 30.0 Å². The van der Waals surface area contributed by atoms with E-state index in [1.807, 2.05) is 4.90 Å². The normalized spacial score (nSPS) is 24.0. The molecule has 178 valence electrons. The van der Waals surface area contributed by atoms with E-state index < -0.39 is 11.7 Å². The van der Waals surface area contributed by atoms with Crippen molar-refractivity contribution in [3.8, 4) is 5.69 Å². The molecule has 1 saturated carbocycles. The van der Waals surface area contributed by atoms with Crippen molar-refractivity contribution in [3.63, 3.8) is 0 Å². The Balaban J connectivity index is 1.40. The molecule has 1 aromatic carbocycles. The van der Waals surface area contributed by atoms with Crippen LogP contribution in [0.2, 0.25) is 5.02 Å². The van der Waals surface area contributed by atoms with Crippen LogP contribution >= 0.6 is 11.6 Å². The molecule has 34 heavy (non-hydrogen) atoms. The highest BCUT2D eigenvalue weighted by Crippen LogP contribution is 2.47. The molecule has 1 amide bonds. The first-order chi connectivity index (χ1) is 16.2. The van der Waals surface area contributed by atoms with Crippen molar-refractivity contribution in [1.82, 2.24) is 29.9 Å². The van der Waals surface area contributed by atoms with E-state index in [0.29, 0.717) is 28.7 Å². The van der Waals surface area contributed by atoms with Crippen LogP contribution in [-0.2, 0) is 6.18 Å². The Morgan fingerprint density at radius 1 is 1.18 bits per heavy atom. The number of alkyl halides is 3. The van der Waals surface area contributed by atoms with Crippen molar-refractivity contribution < 1.29 is 18.0 Å². The topological polar surface area (TPSA) is 88.8 Å². The van der Waals surface area contributed by atoms with Crippen LogP contribution in [0.15, 0.2) is 43.0 Å². The Morgan fingerprint density at radius 2 is 1.85 bits per heavy atom. The van der Waals surface area contributed by atoms with Crippen LogP contribution in [0.3, 0.4) is 0 Å². The zero-order chi connectivity index (χ0) is 24.0. The van der Waals surface area contributed by atoms with Crippen molar-refractivity contribution >= 4 is 23.5 Å². The number of benzene rings is 1. The summed E-state index contributed by atoms with van der Waals surface area (Å²) >= 11 is 6.23. The number of aromatic nitrogens is 5. The number of hydrogen-bond acceptors (Lipinski definition) is 6. The predicted molar refractivity (Wildman–Crippen MR) is 118 cm³/mol. The fraction of sp³-hybridized carbons (Fsp3) is 0.409. The second-order valence-corrected chi connectivity index (χ2v) is 9.11. The number of carbonyl (C=O) groups excluding carboxylic acids is 1. The molecule has 6 rings (SSSR count). The van der Waals surface area contributed by atoms with Crippen LogP contribution in [0.5, 0.6) is 0 Å². The predicted octanol–water partition coefficient (Wildman–Crippen LogP) is 4.08. The minimum Gasteiger partial charge on any atom is -0.352 e. The van der Waals surface area contributed by atoms with Gasteiger partial charge < -0.3 is 10.2 Å². The summed E-state index contributed by atoms with van der Waals surface area (Å²) in [6.45, 7) is 2.40. The number of piperidine rings is 2. The molecule has 3 aliphatic rings. The van der Waals surface area contributed by atoms with Crippen LogP contribution < -0.4 is 5.32 Å². The third kappa shape index (κ3) is 4.08. The molecule has 0 unspecified atom stereocenters. The number of nitrogens with zero attached hydrogens (tertiary/aromatic N) is 6. The summed E-state index contributed by atoms with van der Waals surface area (Å²) in [4.78, 5) is 24.7. The van der Waals surface area contributed by atoms with Crippen LogP contribution in [0, 0.1) is 11.8 Å². The van der Waals surface area contributed by atoms with Gasteiger partial charge in [-0.3, -0.25) is 4.79 Å². The van der Waals surface area contributed by atoms with Crippen LogP contribution in [0.1, 0.15) is 35.7 Å². The van der Waals surface area contributed by atoms with Crippen molar-refractivity contribution in [2.24, 2.45) is 11.8 Å². The largest absolute Gasteiger partial charge is 0.419 e. The molecule has 4 heterocycles. The first kappa shape index (κ1) is 22.6. The zero-order valence-electron chi connectivity index (χ0n) is 18.1. The second kappa shape index (κ2) is 8.53. The van der Waals surface area contributed by atoms with Gasteiger partial charge in [-0.1, -0.05) is 18.5 Å². The summed E-state index contributed by atoms with van der Waals surface area (Å²) in [6, 6.07) is 4.87. The molecule has 1 aliphatic carbocycles. The number of anilines is 1. The molecule has 3 fully saturated rings. The van der Waals surface area contributed by atoms with Crippen molar-refractivity contribution in [1.29, 1.82) is 0 Å². The first-order valence-electron chi connectivity index (χ1n) is 10.8. The maximum Gasteiger partial charge on any atom is 0.419 e. The average molecular weight is 492 g/mol. The van der Waals surface area contributed by atoms with Crippen LogP contribution in [0.25, 0.3) is 5.69 Å². The molecule has 2 saturated heterocycles. The number of rotatable bonds is 5. The second-order valence-electron chi connectivity index (χ2n) is 8.68. The lowest BCUT2D eigenvalue weighted by atomic mass is 9.64. The Hall–Kier alpha value is -3.21.